The lowest BCUT2D eigenvalue weighted by Gasteiger charge is -2.23. The molecule has 1 aromatic carbocycles. The Bertz CT molecular complexity index is 760. The van der Waals surface area contributed by atoms with Gasteiger partial charge in [-0.3, -0.25) is 9.59 Å². The Hall–Kier alpha value is -2.62. The highest BCUT2D eigenvalue weighted by atomic mass is 32.2. The van der Waals surface area contributed by atoms with Crippen molar-refractivity contribution in [3.05, 3.63) is 24.3 Å². The summed E-state index contributed by atoms with van der Waals surface area (Å²) in [5.41, 5.74) is 0.765. The van der Waals surface area contributed by atoms with E-state index in [0.29, 0.717) is 18.2 Å². The number of ether oxygens (including phenoxy) is 1. The number of methoxy groups -OCH3 is 1. The number of rotatable bonds is 9. The quantitative estimate of drug-likeness (QED) is 0.590. The third-order valence-electron chi connectivity index (χ3n) is 4.00. The predicted octanol–water partition coefficient (Wildman–Crippen LogP) is 1.09. The van der Waals surface area contributed by atoms with E-state index in [1.54, 1.807) is 23.7 Å². The highest BCUT2D eigenvalue weighted by Gasteiger charge is 2.18. The molecule has 0 fully saturated rings. The van der Waals surface area contributed by atoms with Crippen LogP contribution in [0.25, 0.3) is 5.69 Å². The van der Waals surface area contributed by atoms with Crippen molar-refractivity contribution in [3.8, 4) is 11.4 Å². The molecule has 2 amide bonds. The molecular formula is C17H24N6O3S. The maximum absolute atomic E-state index is 12.3. The maximum atomic E-state index is 12.3. The van der Waals surface area contributed by atoms with Gasteiger partial charge in [0.25, 0.3) is 0 Å². The molecule has 0 unspecified atom stereocenters. The van der Waals surface area contributed by atoms with Crippen LogP contribution in [0.3, 0.4) is 0 Å². The van der Waals surface area contributed by atoms with Crippen LogP contribution in [0, 0.1) is 0 Å². The van der Waals surface area contributed by atoms with Crippen molar-refractivity contribution in [3.63, 3.8) is 0 Å². The fourth-order valence-corrected chi connectivity index (χ4v) is 3.19. The molecule has 1 aromatic heterocycles. The fourth-order valence-electron chi connectivity index (χ4n) is 2.36. The van der Waals surface area contributed by atoms with E-state index in [4.69, 9.17) is 4.74 Å². The van der Waals surface area contributed by atoms with E-state index in [-0.39, 0.29) is 24.1 Å². The molecule has 27 heavy (non-hydrogen) atoms. The van der Waals surface area contributed by atoms with Crippen LogP contribution in [0.2, 0.25) is 0 Å². The molecule has 0 bridgehead atoms. The molecule has 0 spiro atoms. The third-order valence-corrected chi connectivity index (χ3v) is 4.90. The monoisotopic (exact) mass is 392 g/mol. The zero-order valence-corrected chi connectivity index (χ0v) is 16.8. The van der Waals surface area contributed by atoms with Gasteiger partial charge in [-0.2, -0.15) is 4.68 Å². The first kappa shape index (κ1) is 20.7. The van der Waals surface area contributed by atoms with Crippen LogP contribution in [-0.2, 0) is 9.59 Å². The summed E-state index contributed by atoms with van der Waals surface area (Å²) in [7, 11) is 3.22. The number of aromatic nitrogens is 4. The second kappa shape index (κ2) is 9.91. The lowest BCUT2D eigenvalue weighted by molar-refractivity contribution is -0.137. The smallest absolute Gasteiger partial charge is 0.242 e. The van der Waals surface area contributed by atoms with E-state index >= 15 is 0 Å². The first-order valence-electron chi connectivity index (χ1n) is 8.57. The van der Waals surface area contributed by atoms with Gasteiger partial charge in [0, 0.05) is 20.1 Å². The van der Waals surface area contributed by atoms with Gasteiger partial charge in [0.15, 0.2) is 0 Å². The number of benzene rings is 1. The zero-order chi connectivity index (χ0) is 19.8. The zero-order valence-electron chi connectivity index (χ0n) is 16.0. The number of tetrazole rings is 1. The van der Waals surface area contributed by atoms with Crippen molar-refractivity contribution in [2.45, 2.75) is 19.0 Å². The van der Waals surface area contributed by atoms with Gasteiger partial charge < -0.3 is 14.5 Å². The molecule has 0 aliphatic heterocycles. The van der Waals surface area contributed by atoms with Crippen LogP contribution < -0.4 is 4.74 Å². The predicted molar refractivity (Wildman–Crippen MR) is 102 cm³/mol. The largest absolute Gasteiger partial charge is 0.497 e. The molecule has 1 heterocycles. The van der Waals surface area contributed by atoms with Gasteiger partial charge in [-0.15, -0.1) is 5.10 Å². The second-order valence-corrected chi connectivity index (χ2v) is 6.62. The molecule has 10 heteroatoms. The van der Waals surface area contributed by atoms with Gasteiger partial charge in [-0.05, 0) is 48.5 Å². The van der Waals surface area contributed by atoms with Gasteiger partial charge in [-0.1, -0.05) is 11.8 Å². The molecule has 0 saturated carbocycles. The van der Waals surface area contributed by atoms with Crippen LogP contribution in [-0.4, -0.2) is 81.4 Å². The molecule has 0 atom stereocenters. The molecular weight excluding hydrogens is 368 g/mol. The number of hydrogen-bond acceptors (Lipinski definition) is 7. The Kier molecular flexibility index (Phi) is 7.59. The van der Waals surface area contributed by atoms with Crippen molar-refractivity contribution < 1.29 is 14.3 Å². The van der Waals surface area contributed by atoms with Crippen LogP contribution in [0.1, 0.15) is 13.8 Å². The van der Waals surface area contributed by atoms with Crippen molar-refractivity contribution in [1.82, 2.24) is 30.0 Å². The fraction of sp³-hybridized carbons (Fsp3) is 0.471. The summed E-state index contributed by atoms with van der Waals surface area (Å²) in [6, 6.07) is 7.28. The van der Waals surface area contributed by atoms with Gasteiger partial charge in [0.1, 0.15) is 5.75 Å². The summed E-state index contributed by atoms with van der Waals surface area (Å²) in [6.07, 6.45) is 0. The van der Waals surface area contributed by atoms with Crippen molar-refractivity contribution >= 4 is 23.6 Å². The van der Waals surface area contributed by atoms with Crippen molar-refractivity contribution in [2.24, 2.45) is 0 Å². The average Bonchev–Trinajstić information content (AvgIpc) is 3.15. The molecule has 146 valence electrons. The van der Waals surface area contributed by atoms with E-state index in [1.165, 1.54) is 16.7 Å². The molecule has 2 rings (SSSR count). The van der Waals surface area contributed by atoms with Crippen LogP contribution in [0.5, 0.6) is 5.75 Å². The van der Waals surface area contributed by atoms with Gasteiger partial charge in [0.2, 0.25) is 17.0 Å². The van der Waals surface area contributed by atoms with E-state index in [1.807, 2.05) is 38.1 Å². The number of nitrogens with zero attached hydrogens (tertiary/aromatic N) is 6. The maximum Gasteiger partial charge on any atom is 0.242 e. The summed E-state index contributed by atoms with van der Waals surface area (Å²) in [5.74, 6) is 0.642. The first-order chi connectivity index (χ1) is 13.0. The summed E-state index contributed by atoms with van der Waals surface area (Å²) in [4.78, 5) is 27.6. The van der Waals surface area contributed by atoms with Crippen LogP contribution in [0.4, 0.5) is 0 Å². The average molecular weight is 392 g/mol. The second-order valence-electron chi connectivity index (χ2n) is 5.68. The Morgan fingerprint density at radius 2 is 1.81 bits per heavy atom. The lowest BCUT2D eigenvalue weighted by atomic mass is 10.3. The summed E-state index contributed by atoms with van der Waals surface area (Å²) in [5, 5.41) is 12.1. The Morgan fingerprint density at radius 3 is 2.41 bits per heavy atom. The van der Waals surface area contributed by atoms with E-state index < -0.39 is 0 Å². The van der Waals surface area contributed by atoms with Crippen LogP contribution >= 0.6 is 11.8 Å². The van der Waals surface area contributed by atoms with Crippen LogP contribution in [0.15, 0.2) is 29.4 Å². The number of likely N-dealkylation sites (N-methyl/N-ethyl adjacent to an activating group) is 2. The molecule has 2 aromatic rings. The van der Waals surface area contributed by atoms with E-state index in [9.17, 15) is 9.59 Å². The highest BCUT2D eigenvalue weighted by molar-refractivity contribution is 7.99. The molecule has 0 radical (unpaired) electrons. The molecule has 9 nitrogen and oxygen atoms in total. The minimum absolute atomic E-state index is 0.0600. The van der Waals surface area contributed by atoms with Gasteiger partial charge >= 0.3 is 0 Å². The van der Waals surface area contributed by atoms with Gasteiger partial charge in [0.05, 0.1) is 25.1 Å². The first-order valence-corrected chi connectivity index (χ1v) is 9.56. The third kappa shape index (κ3) is 5.43. The lowest BCUT2D eigenvalue weighted by Crippen LogP contribution is -2.41. The van der Waals surface area contributed by atoms with Crippen molar-refractivity contribution in [1.29, 1.82) is 0 Å². The Labute approximate surface area is 162 Å². The summed E-state index contributed by atoms with van der Waals surface area (Å²) < 4.78 is 6.69. The Balaban J connectivity index is 1.95. The molecule has 0 aliphatic rings. The Morgan fingerprint density at radius 1 is 1.15 bits per heavy atom. The number of thioether (sulfide) groups is 1. The molecule has 0 N–H and O–H groups in total. The minimum atomic E-state index is -0.162. The van der Waals surface area contributed by atoms with Gasteiger partial charge in [-0.25, -0.2) is 0 Å². The minimum Gasteiger partial charge on any atom is -0.497 e. The van der Waals surface area contributed by atoms with E-state index in [0.717, 1.165) is 11.4 Å². The number of carbonyl (C=O) groups excluding carboxylic acids is 2. The number of amides is 2. The topological polar surface area (TPSA) is 93.5 Å². The summed E-state index contributed by atoms with van der Waals surface area (Å²) >= 11 is 1.22. The van der Waals surface area contributed by atoms with Crippen molar-refractivity contribution in [2.75, 3.05) is 39.5 Å². The highest BCUT2D eigenvalue weighted by Crippen LogP contribution is 2.20. The molecule has 0 aliphatic carbocycles. The van der Waals surface area contributed by atoms with E-state index in [2.05, 4.69) is 15.5 Å². The summed E-state index contributed by atoms with van der Waals surface area (Å²) in [6.45, 7) is 5.14. The normalized spacial score (nSPS) is 10.5. The SMILES string of the molecule is CCN(CC)C(=O)CN(C)C(=O)CSc1nnnn1-c1ccc(OC)cc1. The molecule has 0 saturated heterocycles. The number of carbonyl (C=O) groups is 2. The standard InChI is InChI=1S/C17H24N6O3S/c1-5-22(6-2)15(24)11-21(3)16(25)12-27-17-18-19-20-23(17)13-7-9-14(26-4)10-8-13/h7-10H,5-6,11-12H2,1-4H3. The number of hydrogen-bond donors (Lipinski definition) is 0.